The lowest BCUT2D eigenvalue weighted by molar-refractivity contribution is 0.473. The van der Waals surface area contributed by atoms with Crippen LogP contribution in [0.25, 0.3) is 0 Å². The Hall–Kier alpha value is -0.830. The van der Waals surface area contributed by atoms with Gasteiger partial charge in [-0.3, -0.25) is 0 Å². The number of rotatable bonds is 3. The van der Waals surface area contributed by atoms with E-state index in [1.165, 1.54) is 31.2 Å². The van der Waals surface area contributed by atoms with E-state index in [4.69, 9.17) is 5.73 Å². The lowest BCUT2D eigenvalue weighted by atomic mass is 9.94. The first-order chi connectivity index (χ1) is 8.20. The molecule has 2 atom stereocenters. The van der Waals surface area contributed by atoms with Gasteiger partial charge in [-0.1, -0.05) is 18.6 Å². The van der Waals surface area contributed by atoms with Gasteiger partial charge in [-0.15, -0.1) is 0 Å². The van der Waals surface area contributed by atoms with E-state index in [1.54, 1.807) is 0 Å². The van der Waals surface area contributed by atoms with Crippen molar-refractivity contribution in [2.75, 3.05) is 17.3 Å². The summed E-state index contributed by atoms with van der Waals surface area (Å²) in [7, 11) is 0. The number of para-hydroxylation sites is 1. The molecule has 1 aliphatic rings. The van der Waals surface area contributed by atoms with Crippen molar-refractivity contribution in [3.63, 3.8) is 0 Å². The maximum Gasteiger partial charge on any atom is 0.0605 e. The smallest absolute Gasteiger partial charge is 0.0605 e. The minimum atomic E-state index is 0.588. The maximum absolute atomic E-state index is 6.04. The molecule has 17 heavy (non-hydrogen) atoms. The molecular weight excluding hydrogens is 228 g/mol. The van der Waals surface area contributed by atoms with E-state index in [1.807, 2.05) is 23.9 Å². The number of nitrogen functional groups attached to an aromatic ring is 1. The minimum absolute atomic E-state index is 0.588. The van der Waals surface area contributed by atoms with E-state index < -0.39 is 0 Å². The van der Waals surface area contributed by atoms with Crippen LogP contribution in [-0.4, -0.2) is 17.5 Å². The molecule has 0 radical (unpaired) electrons. The molecule has 2 unspecified atom stereocenters. The van der Waals surface area contributed by atoms with Crippen LogP contribution in [0.3, 0.4) is 0 Å². The number of hydrogen-bond acceptors (Lipinski definition) is 3. The minimum Gasteiger partial charge on any atom is -0.397 e. The molecule has 2 rings (SSSR count). The van der Waals surface area contributed by atoms with Crippen LogP contribution < -0.4 is 11.1 Å². The van der Waals surface area contributed by atoms with Crippen LogP contribution in [0.1, 0.15) is 31.2 Å². The number of nitrogens with two attached hydrogens (primary N) is 1. The van der Waals surface area contributed by atoms with E-state index in [-0.39, 0.29) is 0 Å². The Labute approximate surface area is 108 Å². The molecule has 3 N–H and O–H groups in total. The molecule has 0 amide bonds. The van der Waals surface area contributed by atoms with E-state index in [2.05, 4.69) is 24.6 Å². The van der Waals surface area contributed by atoms with E-state index in [0.29, 0.717) is 6.04 Å². The van der Waals surface area contributed by atoms with Crippen molar-refractivity contribution < 1.29 is 0 Å². The van der Waals surface area contributed by atoms with Crippen molar-refractivity contribution in [1.29, 1.82) is 0 Å². The van der Waals surface area contributed by atoms with Crippen molar-refractivity contribution >= 4 is 23.1 Å². The predicted molar refractivity (Wildman–Crippen MR) is 78.8 cm³/mol. The van der Waals surface area contributed by atoms with E-state index in [9.17, 15) is 0 Å². The van der Waals surface area contributed by atoms with Crippen LogP contribution in [0.15, 0.2) is 18.2 Å². The normalized spacial score (nSPS) is 24.6. The van der Waals surface area contributed by atoms with Crippen molar-refractivity contribution in [3.8, 4) is 0 Å². The summed E-state index contributed by atoms with van der Waals surface area (Å²) in [4.78, 5) is 0. The van der Waals surface area contributed by atoms with Gasteiger partial charge in [0.2, 0.25) is 0 Å². The van der Waals surface area contributed by atoms with Gasteiger partial charge in [-0.2, -0.15) is 11.8 Å². The average Bonchev–Trinajstić information content (AvgIpc) is 2.34. The van der Waals surface area contributed by atoms with Crippen LogP contribution in [-0.2, 0) is 0 Å². The highest BCUT2D eigenvalue weighted by atomic mass is 32.2. The quantitative estimate of drug-likeness (QED) is 0.804. The van der Waals surface area contributed by atoms with Crippen molar-refractivity contribution in [1.82, 2.24) is 0 Å². The molecule has 0 aliphatic heterocycles. The second-order valence-corrected chi connectivity index (χ2v) is 6.04. The summed E-state index contributed by atoms with van der Waals surface area (Å²) in [6.45, 7) is 2.12. The number of aryl methyl sites for hydroxylation is 1. The third-order valence-electron chi connectivity index (χ3n) is 3.61. The van der Waals surface area contributed by atoms with Crippen molar-refractivity contribution in [2.24, 2.45) is 0 Å². The lowest BCUT2D eigenvalue weighted by Gasteiger charge is -2.30. The second-order valence-electron chi connectivity index (χ2n) is 4.90. The van der Waals surface area contributed by atoms with Crippen molar-refractivity contribution in [3.05, 3.63) is 23.8 Å². The number of anilines is 2. The Morgan fingerprint density at radius 1 is 1.35 bits per heavy atom. The summed E-state index contributed by atoms with van der Waals surface area (Å²) < 4.78 is 0. The third-order valence-corrected chi connectivity index (χ3v) is 4.71. The van der Waals surface area contributed by atoms with Gasteiger partial charge in [0.25, 0.3) is 0 Å². The first kappa shape index (κ1) is 12.6. The monoisotopic (exact) mass is 250 g/mol. The van der Waals surface area contributed by atoms with Crippen LogP contribution in [0.2, 0.25) is 0 Å². The highest BCUT2D eigenvalue weighted by molar-refractivity contribution is 7.99. The van der Waals surface area contributed by atoms with Gasteiger partial charge in [-0.25, -0.2) is 0 Å². The van der Waals surface area contributed by atoms with Crippen molar-refractivity contribution in [2.45, 2.75) is 43.9 Å². The molecule has 2 nitrogen and oxygen atoms in total. The van der Waals surface area contributed by atoms with Gasteiger partial charge in [-0.05, 0) is 44.1 Å². The van der Waals surface area contributed by atoms with Crippen LogP contribution in [0, 0.1) is 6.92 Å². The molecule has 0 spiro atoms. The lowest BCUT2D eigenvalue weighted by Crippen LogP contribution is -2.29. The Bertz CT molecular complexity index is 358. The van der Waals surface area contributed by atoms with E-state index >= 15 is 0 Å². The fourth-order valence-electron chi connectivity index (χ4n) is 2.58. The predicted octanol–water partition coefficient (Wildman–Crippen LogP) is 3.66. The molecule has 1 aromatic carbocycles. The van der Waals surface area contributed by atoms with Gasteiger partial charge in [0.15, 0.2) is 0 Å². The summed E-state index contributed by atoms with van der Waals surface area (Å²) in [5, 5.41) is 4.45. The molecule has 0 heterocycles. The zero-order chi connectivity index (χ0) is 12.3. The van der Waals surface area contributed by atoms with Crippen LogP contribution in [0.5, 0.6) is 0 Å². The van der Waals surface area contributed by atoms with Crippen LogP contribution >= 0.6 is 11.8 Å². The SMILES string of the molecule is CSC1CCCC(Nc2c(C)cccc2N)C1. The average molecular weight is 250 g/mol. The zero-order valence-electron chi connectivity index (χ0n) is 10.7. The standard InChI is InChI=1S/C14H22N2S/c1-10-5-3-8-13(15)14(10)16-11-6-4-7-12(9-11)17-2/h3,5,8,11-12,16H,4,6-7,9,15H2,1-2H3. The van der Waals surface area contributed by atoms with E-state index in [0.717, 1.165) is 16.6 Å². The first-order valence-electron chi connectivity index (χ1n) is 6.35. The highest BCUT2D eigenvalue weighted by Crippen LogP contribution is 2.31. The molecule has 1 aliphatic carbocycles. The summed E-state index contributed by atoms with van der Waals surface area (Å²) in [6, 6.07) is 6.70. The Kier molecular flexibility index (Phi) is 4.21. The number of benzene rings is 1. The van der Waals surface area contributed by atoms with Gasteiger partial charge < -0.3 is 11.1 Å². The summed E-state index contributed by atoms with van der Waals surface area (Å²) in [6.07, 6.45) is 7.44. The van der Waals surface area contributed by atoms with Gasteiger partial charge in [0.05, 0.1) is 11.4 Å². The summed E-state index contributed by atoms with van der Waals surface area (Å²) in [5.74, 6) is 0. The number of hydrogen-bond donors (Lipinski definition) is 2. The van der Waals surface area contributed by atoms with Crippen LogP contribution in [0.4, 0.5) is 11.4 Å². The number of thioether (sulfide) groups is 1. The van der Waals surface area contributed by atoms with Gasteiger partial charge in [0, 0.05) is 11.3 Å². The fourth-order valence-corrected chi connectivity index (χ4v) is 3.41. The molecule has 0 saturated heterocycles. The molecular formula is C14H22N2S. The topological polar surface area (TPSA) is 38.0 Å². The molecule has 1 aromatic rings. The summed E-state index contributed by atoms with van der Waals surface area (Å²) >= 11 is 2.00. The molecule has 1 saturated carbocycles. The second kappa shape index (κ2) is 5.67. The fraction of sp³-hybridized carbons (Fsp3) is 0.571. The third kappa shape index (κ3) is 3.09. The Balaban J connectivity index is 2.05. The summed E-state index contributed by atoms with van der Waals surface area (Å²) in [5.41, 5.74) is 9.29. The molecule has 0 aromatic heterocycles. The van der Waals surface area contributed by atoms with Gasteiger partial charge in [0.1, 0.15) is 0 Å². The largest absolute Gasteiger partial charge is 0.397 e. The Morgan fingerprint density at radius 3 is 2.88 bits per heavy atom. The maximum atomic E-state index is 6.04. The van der Waals surface area contributed by atoms with Gasteiger partial charge >= 0.3 is 0 Å². The molecule has 1 fully saturated rings. The molecule has 0 bridgehead atoms. The first-order valence-corrected chi connectivity index (χ1v) is 7.64. The molecule has 3 heteroatoms. The number of nitrogens with one attached hydrogen (secondary N) is 1. The zero-order valence-corrected chi connectivity index (χ0v) is 11.5. The highest BCUT2D eigenvalue weighted by Gasteiger charge is 2.21. The Morgan fingerprint density at radius 2 is 2.18 bits per heavy atom. The molecule has 94 valence electrons.